The van der Waals surface area contributed by atoms with Crippen molar-refractivity contribution < 1.29 is 23.6 Å². The van der Waals surface area contributed by atoms with Gasteiger partial charge in [-0.2, -0.15) is 0 Å². The minimum atomic E-state index is -0.577. The lowest BCUT2D eigenvalue weighted by Crippen LogP contribution is -2.12. The Labute approximate surface area is 154 Å². The number of nitrogens with zero attached hydrogens (tertiary/aromatic N) is 1. The second-order valence-corrected chi connectivity index (χ2v) is 5.48. The van der Waals surface area contributed by atoms with Gasteiger partial charge in [0.2, 0.25) is 0 Å². The zero-order chi connectivity index (χ0) is 19.2. The van der Waals surface area contributed by atoms with Gasteiger partial charge in [0.25, 0.3) is 5.91 Å². The molecule has 0 atom stereocenters. The fourth-order valence-electron chi connectivity index (χ4n) is 2.40. The molecule has 1 N–H and O–H groups in total. The number of anilines is 1. The van der Waals surface area contributed by atoms with Gasteiger partial charge in [0.15, 0.2) is 11.5 Å². The SMILES string of the molecule is COc1cc(NC(=O)c2ccco2)c(OCc2ccccc2)cc1[N+](=O)[O-]. The summed E-state index contributed by atoms with van der Waals surface area (Å²) >= 11 is 0. The van der Waals surface area contributed by atoms with Crippen molar-refractivity contribution in [3.63, 3.8) is 0 Å². The summed E-state index contributed by atoms with van der Waals surface area (Å²) in [4.78, 5) is 23.0. The molecule has 3 aromatic rings. The quantitative estimate of drug-likeness (QED) is 0.499. The van der Waals surface area contributed by atoms with Crippen LogP contribution in [0.1, 0.15) is 16.1 Å². The molecule has 0 radical (unpaired) electrons. The van der Waals surface area contributed by atoms with Crippen LogP contribution in [0.4, 0.5) is 11.4 Å². The number of ether oxygens (including phenoxy) is 2. The van der Waals surface area contributed by atoms with Crippen LogP contribution in [0.2, 0.25) is 0 Å². The fourth-order valence-corrected chi connectivity index (χ4v) is 2.40. The summed E-state index contributed by atoms with van der Waals surface area (Å²) in [6.07, 6.45) is 1.37. The maximum absolute atomic E-state index is 12.3. The Kier molecular flexibility index (Phi) is 5.36. The first kappa shape index (κ1) is 18.0. The minimum absolute atomic E-state index is 0.00167. The molecule has 3 rings (SSSR count). The maximum atomic E-state index is 12.3. The first-order valence-electron chi connectivity index (χ1n) is 7.96. The number of furan rings is 1. The Morgan fingerprint density at radius 1 is 1.15 bits per heavy atom. The molecule has 0 aliphatic rings. The van der Waals surface area contributed by atoms with E-state index in [1.54, 1.807) is 6.07 Å². The van der Waals surface area contributed by atoms with E-state index in [0.29, 0.717) is 0 Å². The largest absolute Gasteiger partial charge is 0.490 e. The first-order valence-corrected chi connectivity index (χ1v) is 7.96. The van der Waals surface area contributed by atoms with E-state index in [-0.39, 0.29) is 35.2 Å². The van der Waals surface area contributed by atoms with Gasteiger partial charge in [0.05, 0.1) is 30.1 Å². The van der Waals surface area contributed by atoms with Crippen LogP contribution in [0.25, 0.3) is 0 Å². The predicted octanol–water partition coefficient (Wildman–Crippen LogP) is 4.03. The molecule has 1 amide bonds. The van der Waals surface area contributed by atoms with Crippen LogP contribution in [0.5, 0.6) is 11.5 Å². The third-order valence-electron chi connectivity index (χ3n) is 3.71. The summed E-state index contributed by atoms with van der Waals surface area (Å²) in [5.41, 5.74) is 0.839. The molecular weight excluding hydrogens is 352 g/mol. The molecule has 2 aromatic carbocycles. The highest BCUT2D eigenvalue weighted by Gasteiger charge is 2.22. The predicted molar refractivity (Wildman–Crippen MR) is 97.1 cm³/mol. The van der Waals surface area contributed by atoms with E-state index in [9.17, 15) is 14.9 Å². The summed E-state index contributed by atoms with van der Waals surface area (Å²) < 4.78 is 15.9. The van der Waals surface area contributed by atoms with Crippen LogP contribution in [0.15, 0.2) is 65.3 Å². The molecule has 0 spiro atoms. The number of benzene rings is 2. The van der Waals surface area contributed by atoms with Crippen molar-refractivity contribution in [2.75, 3.05) is 12.4 Å². The Bertz CT molecular complexity index is 938. The highest BCUT2D eigenvalue weighted by Crippen LogP contribution is 2.38. The molecule has 1 heterocycles. The van der Waals surface area contributed by atoms with Crippen LogP contribution in [-0.2, 0) is 6.61 Å². The summed E-state index contributed by atoms with van der Waals surface area (Å²) in [5, 5.41) is 13.9. The van der Waals surface area contributed by atoms with Crippen LogP contribution >= 0.6 is 0 Å². The van der Waals surface area contributed by atoms with Crippen molar-refractivity contribution >= 4 is 17.3 Å². The van der Waals surface area contributed by atoms with Gasteiger partial charge in [-0.1, -0.05) is 30.3 Å². The lowest BCUT2D eigenvalue weighted by Gasteiger charge is -2.14. The van der Waals surface area contributed by atoms with Crippen LogP contribution in [-0.4, -0.2) is 17.9 Å². The monoisotopic (exact) mass is 368 g/mol. The second-order valence-electron chi connectivity index (χ2n) is 5.48. The van der Waals surface area contributed by atoms with Gasteiger partial charge in [-0.3, -0.25) is 14.9 Å². The van der Waals surface area contributed by atoms with Crippen molar-refractivity contribution in [1.82, 2.24) is 0 Å². The second kappa shape index (κ2) is 8.05. The van der Waals surface area contributed by atoms with E-state index in [4.69, 9.17) is 13.9 Å². The topological polar surface area (TPSA) is 104 Å². The van der Waals surface area contributed by atoms with Crippen molar-refractivity contribution in [2.45, 2.75) is 6.61 Å². The number of nitrogens with one attached hydrogen (secondary N) is 1. The normalized spacial score (nSPS) is 10.3. The Morgan fingerprint density at radius 2 is 1.93 bits per heavy atom. The van der Waals surface area contributed by atoms with Gasteiger partial charge < -0.3 is 19.2 Å². The van der Waals surface area contributed by atoms with Gasteiger partial charge in [0, 0.05) is 6.07 Å². The molecule has 27 heavy (non-hydrogen) atoms. The summed E-state index contributed by atoms with van der Waals surface area (Å²) in [7, 11) is 1.31. The van der Waals surface area contributed by atoms with E-state index in [2.05, 4.69) is 5.32 Å². The van der Waals surface area contributed by atoms with Gasteiger partial charge in [-0.25, -0.2) is 0 Å². The highest BCUT2D eigenvalue weighted by molar-refractivity contribution is 6.03. The zero-order valence-corrected chi connectivity index (χ0v) is 14.4. The molecule has 0 bridgehead atoms. The Morgan fingerprint density at radius 3 is 2.56 bits per heavy atom. The van der Waals surface area contributed by atoms with E-state index in [1.807, 2.05) is 30.3 Å². The molecule has 138 valence electrons. The molecule has 0 unspecified atom stereocenters. The number of hydrogen-bond donors (Lipinski definition) is 1. The van der Waals surface area contributed by atoms with E-state index in [0.717, 1.165) is 5.56 Å². The third kappa shape index (κ3) is 4.24. The van der Waals surface area contributed by atoms with Crippen molar-refractivity contribution in [3.05, 3.63) is 82.3 Å². The fraction of sp³-hybridized carbons (Fsp3) is 0.105. The average Bonchev–Trinajstić information content (AvgIpc) is 3.22. The number of nitro benzene ring substituents is 1. The maximum Gasteiger partial charge on any atom is 0.314 e. The summed E-state index contributed by atoms with van der Waals surface area (Å²) in [6.45, 7) is 0.175. The lowest BCUT2D eigenvalue weighted by atomic mass is 10.2. The highest BCUT2D eigenvalue weighted by atomic mass is 16.6. The number of nitro groups is 1. The smallest absolute Gasteiger partial charge is 0.314 e. The molecule has 8 nitrogen and oxygen atoms in total. The molecule has 0 saturated carbocycles. The zero-order valence-electron chi connectivity index (χ0n) is 14.4. The Balaban J connectivity index is 1.93. The third-order valence-corrected chi connectivity index (χ3v) is 3.71. The molecular formula is C19H16N2O6. The number of carbonyl (C=O) groups excluding carboxylic acids is 1. The Hall–Kier alpha value is -3.81. The first-order chi connectivity index (χ1) is 13.1. The summed E-state index contributed by atoms with van der Waals surface area (Å²) in [5.74, 6) is -0.269. The standard InChI is InChI=1S/C19H16N2O6/c1-25-18-10-14(20-19(22)16-8-5-9-26-16)17(11-15(18)21(23)24)27-12-13-6-3-2-4-7-13/h2-11H,12H2,1H3,(H,20,22). The summed E-state index contributed by atoms with van der Waals surface area (Å²) in [6, 6.07) is 15.0. The molecule has 0 aliphatic heterocycles. The molecule has 8 heteroatoms. The minimum Gasteiger partial charge on any atom is -0.490 e. The lowest BCUT2D eigenvalue weighted by molar-refractivity contribution is -0.385. The van der Waals surface area contributed by atoms with Crippen molar-refractivity contribution in [3.8, 4) is 11.5 Å². The number of methoxy groups -OCH3 is 1. The van der Waals surface area contributed by atoms with Gasteiger partial charge >= 0.3 is 5.69 Å². The van der Waals surface area contributed by atoms with Crippen LogP contribution < -0.4 is 14.8 Å². The molecule has 0 fully saturated rings. The van der Waals surface area contributed by atoms with E-state index in [1.165, 1.54) is 31.6 Å². The van der Waals surface area contributed by atoms with Crippen molar-refractivity contribution in [2.24, 2.45) is 0 Å². The number of rotatable bonds is 7. The van der Waals surface area contributed by atoms with E-state index < -0.39 is 10.8 Å². The molecule has 1 aromatic heterocycles. The van der Waals surface area contributed by atoms with Gasteiger partial charge in [-0.05, 0) is 17.7 Å². The van der Waals surface area contributed by atoms with Gasteiger partial charge in [0.1, 0.15) is 12.4 Å². The van der Waals surface area contributed by atoms with Crippen molar-refractivity contribution in [1.29, 1.82) is 0 Å². The number of carbonyl (C=O) groups is 1. The van der Waals surface area contributed by atoms with Crippen LogP contribution in [0.3, 0.4) is 0 Å². The molecule has 0 saturated heterocycles. The molecule has 0 aliphatic carbocycles. The average molecular weight is 368 g/mol. The number of hydrogen-bond acceptors (Lipinski definition) is 6. The van der Waals surface area contributed by atoms with E-state index >= 15 is 0 Å². The van der Waals surface area contributed by atoms with Gasteiger partial charge in [-0.15, -0.1) is 0 Å². The number of amides is 1. The van der Waals surface area contributed by atoms with Crippen LogP contribution in [0, 0.1) is 10.1 Å².